The van der Waals surface area contributed by atoms with Crippen molar-refractivity contribution in [2.45, 2.75) is 13.0 Å². The zero-order chi connectivity index (χ0) is 14.0. The van der Waals surface area contributed by atoms with E-state index in [-0.39, 0.29) is 11.4 Å². The highest BCUT2D eigenvalue weighted by Gasteiger charge is 2.14. The van der Waals surface area contributed by atoms with Crippen molar-refractivity contribution in [3.8, 4) is 0 Å². The molecule has 0 saturated heterocycles. The molecule has 1 aromatic heterocycles. The van der Waals surface area contributed by atoms with Crippen LogP contribution in [0.4, 0.5) is 10.1 Å². The van der Waals surface area contributed by atoms with Crippen molar-refractivity contribution in [2.75, 3.05) is 5.32 Å². The smallest absolute Gasteiger partial charge is 0.297 e. The molecule has 100 valence electrons. The Hall–Kier alpha value is -2.35. The van der Waals surface area contributed by atoms with Crippen molar-refractivity contribution in [2.24, 2.45) is 7.05 Å². The number of anilines is 1. The minimum atomic E-state index is -0.966. The van der Waals surface area contributed by atoms with Gasteiger partial charge in [-0.3, -0.25) is 4.79 Å². The third-order valence-corrected chi connectivity index (χ3v) is 2.42. The highest BCUT2D eigenvalue weighted by Crippen LogP contribution is 2.21. The molecule has 0 bridgehead atoms. The zero-order valence-electron chi connectivity index (χ0n) is 10.3. The molecule has 0 fully saturated rings. The quantitative estimate of drug-likeness (QED) is 0.850. The lowest BCUT2D eigenvalue weighted by atomic mass is 10.1. The van der Waals surface area contributed by atoms with E-state index < -0.39 is 17.8 Å². The summed E-state index contributed by atoms with van der Waals surface area (Å²) in [6.45, 7) is 1.44. The largest absolute Gasteiger partial charge is 0.389 e. The van der Waals surface area contributed by atoms with E-state index >= 15 is 0 Å². The first-order valence-corrected chi connectivity index (χ1v) is 5.50. The van der Waals surface area contributed by atoms with Gasteiger partial charge in [-0.15, -0.1) is 10.2 Å². The summed E-state index contributed by atoms with van der Waals surface area (Å²) in [5, 5.41) is 22.7. The molecule has 0 aliphatic rings. The summed E-state index contributed by atoms with van der Waals surface area (Å²) in [6, 6.07) is 3.91. The van der Waals surface area contributed by atoms with Gasteiger partial charge in [0.05, 0.1) is 13.2 Å². The second-order valence-electron chi connectivity index (χ2n) is 3.97. The van der Waals surface area contributed by atoms with Gasteiger partial charge < -0.3 is 10.4 Å². The lowest BCUT2D eigenvalue weighted by Gasteiger charge is -2.09. The molecule has 0 saturated carbocycles. The summed E-state index contributed by atoms with van der Waals surface area (Å²) in [4.78, 5) is 12.9. The number of aliphatic hydroxyl groups excluding tert-OH is 1. The maximum Gasteiger partial charge on any atom is 0.297 e. The maximum atomic E-state index is 13.4. The van der Waals surface area contributed by atoms with E-state index in [1.807, 2.05) is 0 Å². The van der Waals surface area contributed by atoms with E-state index in [9.17, 15) is 14.3 Å². The predicted octanol–water partition coefficient (Wildman–Crippen LogP) is 0.655. The van der Waals surface area contributed by atoms with Crippen molar-refractivity contribution in [3.63, 3.8) is 0 Å². The third kappa shape index (κ3) is 2.91. The second-order valence-corrected chi connectivity index (χ2v) is 3.97. The summed E-state index contributed by atoms with van der Waals surface area (Å²) >= 11 is 0. The first-order valence-electron chi connectivity index (χ1n) is 5.50. The molecule has 1 atom stereocenters. The fourth-order valence-corrected chi connectivity index (χ4v) is 1.50. The molecule has 7 nitrogen and oxygen atoms in total. The molecule has 2 N–H and O–H groups in total. The van der Waals surface area contributed by atoms with Crippen molar-refractivity contribution in [1.29, 1.82) is 0 Å². The van der Waals surface area contributed by atoms with Crippen LogP contribution in [0.25, 0.3) is 0 Å². The van der Waals surface area contributed by atoms with Crippen LogP contribution < -0.4 is 5.32 Å². The Kier molecular flexibility index (Phi) is 3.52. The molecular weight excluding hydrogens is 253 g/mol. The lowest BCUT2D eigenvalue weighted by Crippen LogP contribution is -2.14. The van der Waals surface area contributed by atoms with E-state index in [2.05, 4.69) is 20.7 Å². The summed E-state index contributed by atoms with van der Waals surface area (Å²) in [7, 11) is 1.53. The van der Waals surface area contributed by atoms with Crippen LogP contribution in [0.3, 0.4) is 0 Å². The van der Waals surface area contributed by atoms with E-state index in [1.54, 1.807) is 0 Å². The van der Waals surface area contributed by atoms with Gasteiger partial charge in [0.1, 0.15) is 5.82 Å². The minimum Gasteiger partial charge on any atom is -0.389 e. The molecule has 2 rings (SSSR count). The van der Waals surface area contributed by atoms with Crippen molar-refractivity contribution < 1.29 is 14.3 Å². The Morgan fingerprint density at radius 3 is 2.84 bits per heavy atom. The maximum absolute atomic E-state index is 13.4. The van der Waals surface area contributed by atoms with Gasteiger partial charge in [0.15, 0.2) is 0 Å². The molecule has 1 heterocycles. The Morgan fingerprint density at radius 2 is 2.26 bits per heavy atom. The van der Waals surface area contributed by atoms with Gasteiger partial charge in [0.2, 0.25) is 0 Å². The van der Waals surface area contributed by atoms with Crippen LogP contribution in [0.2, 0.25) is 0 Å². The molecule has 8 heteroatoms. The van der Waals surface area contributed by atoms with Crippen LogP contribution in [0.5, 0.6) is 0 Å². The van der Waals surface area contributed by atoms with Gasteiger partial charge in [-0.1, -0.05) is 0 Å². The van der Waals surface area contributed by atoms with Crippen LogP contribution >= 0.6 is 0 Å². The SMILES string of the molecule is CC(O)c1cc(NC(=O)c2nnn(C)n2)ccc1F. The number of tetrazole rings is 1. The number of hydrogen-bond donors (Lipinski definition) is 2. The number of rotatable bonds is 3. The molecule has 0 aliphatic heterocycles. The van der Waals surface area contributed by atoms with Gasteiger partial charge >= 0.3 is 0 Å². The van der Waals surface area contributed by atoms with Gasteiger partial charge in [0.25, 0.3) is 11.7 Å². The Bertz CT molecular complexity index is 611. The number of aromatic nitrogens is 4. The van der Waals surface area contributed by atoms with Gasteiger partial charge in [0, 0.05) is 11.3 Å². The number of nitrogens with zero attached hydrogens (tertiary/aromatic N) is 4. The normalized spacial score (nSPS) is 12.2. The van der Waals surface area contributed by atoms with Gasteiger partial charge in [-0.05, 0) is 30.3 Å². The monoisotopic (exact) mass is 265 g/mol. The molecule has 0 spiro atoms. The third-order valence-electron chi connectivity index (χ3n) is 2.42. The number of benzene rings is 1. The molecule has 1 unspecified atom stereocenters. The van der Waals surface area contributed by atoms with Crippen LogP contribution in [0.1, 0.15) is 29.2 Å². The molecule has 0 aliphatic carbocycles. The Balaban J connectivity index is 2.20. The van der Waals surface area contributed by atoms with Crippen LogP contribution in [0.15, 0.2) is 18.2 Å². The lowest BCUT2D eigenvalue weighted by molar-refractivity contribution is 0.101. The zero-order valence-corrected chi connectivity index (χ0v) is 10.3. The number of hydrogen-bond acceptors (Lipinski definition) is 5. The highest BCUT2D eigenvalue weighted by molar-refractivity contribution is 6.01. The van der Waals surface area contributed by atoms with Crippen LogP contribution in [0, 0.1) is 5.82 Å². The van der Waals surface area contributed by atoms with E-state index in [0.29, 0.717) is 5.69 Å². The summed E-state index contributed by atoms with van der Waals surface area (Å²) in [5.74, 6) is -1.19. The number of nitrogens with one attached hydrogen (secondary N) is 1. The molecule has 19 heavy (non-hydrogen) atoms. The highest BCUT2D eigenvalue weighted by atomic mass is 19.1. The second kappa shape index (κ2) is 5.11. The van der Waals surface area contributed by atoms with Crippen LogP contribution in [-0.2, 0) is 7.05 Å². The molecule has 2 aromatic rings. The van der Waals surface area contributed by atoms with Crippen LogP contribution in [-0.4, -0.2) is 31.2 Å². The van der Waals surface area contributed by atoms with E-state index in [1.165, 1.54) is 32.2 Å². The van der Waals surface area contributed by atoms with E-state index in [0.717, 1.165) is 4.80 Å². The summed E-state index contributed by atoms with van der Waals surface area (Å²) in [6.07, 6.45) is -0.966. The molecule has 0 radical (unpaired) electrons. The average molecular weight is 265 g/mol. The predicted molar refractivity (Wildman–Crippen MR) is 63.8 cm³/mol. The molecule has 1 amide bonds. The first-order chi connectivity index (χ1) is 8.97. The summed E-state index contributed by atoms with van der Waals surface area (Å²) in [5.41, 5.74) is 0.444. The van der Waals surface area contributed by atoms with E-state index in [4.69, 9.17) is 0 Å². The average Bonchev–Trinajstić information content (AvgIpc) is 2.78. The standard InChI is InChI=1S/C11H12FN5O2/c1-6(18)8-5-7(3-4-9(8)12)13-11(19)10-14-16-17(2)15-10/h3-6,18H,1-2H3,(H,13,19). The molecule has 1 aromatic carbocycles. The number of carbonyl (C=O) groups excluding carboxylic acids is 1. The first kappa shape index (κ1) is 13.1. The Morgan fingerprint density at radius 1 is 1.53 bits per heavy atom. The summed E-state index contributed by atoms with van der Waals surface area (Å²) < 4.78 is 13.4. The van der Waals surface area contributed by atoms with Crippen molar-refractivity contribution in [3.05, 3.63) is 35.4 Å². The number of aryl methyl sites for hydroxylation is 1. The Labute approximate surface area is 108 Å². The fraction of sp³-hybridized carbons (Fsp3) is 0.273. The number of amides is 1. The van der Waals surface area contributed by atoms with Crippen molar-refractivity contribution >= 4 is 11.6 Å². The number of carbonyl (C=O) groups is 1. The van der Waals surface area contributed by atoms with Gasteiger partial charge in [-0.2, -0.15) is 4.80 Å². The fourth-order valence-electron chi connectivity index (χ4n) is 1.50. The molecular formula is C11H12FN5O2. The minimum absolute atomic E-state index is 0.0922. The topological polar surface area (TPSA) is 92.9 Å². The number of aliphatic hydroxyl groups is 1. The van der Waals surface area contributed by atoms with Gasteiger partial charge in [-0.25, -0.2) is 4.39 Å². The number of halogens is 1. The van der Waals surface area contributed by atoms with Crippen molar-refractivity contribution in [1.82, 2.24) is 20.2 Å².